The summed E-state index contributed by atoms with van der Waals surface area (Å²) in [6.45, 7) is 0. The van der Waals surface area contributed by atoms with E-state index in [0.717, 1.165) is 5.56 Å². The van der Waals surface area contributed by atoms with Crippen molar-refractivity contribution in [1.29, 1.82) is 0 Å². The summed E-state index contributed by atoms with van der Waals surface area (Å²) in [7, 11) is 0. The smallest absolute Gasteiger partial charge is 0.545 e. The van der Waals surface area contributed by atoms with Crippen molar-refractivity contribution < 1.29 is 61.3 Å². The Hall–Kier alpha value is -2.09. The molecule has 0 amide bonds. The fourth-order valence-electron chi connectivity index (χ4n) is 2.68. The number of carboxylic acids is 1. The number of hydrogen-bond donors (Lipinski definition) is 2. The average Bonchev–Trinajstić information content (AvgIpc) is 2.62. The van der Waals surface area contributed by atoms with Crippen molar-refractivity contribution in [2.24, 2.45) is 0 Å². The van der Waals surface area contributed by atoms with Gasteiger partial charge in [0.25, 0.3) is 0 Å². The van der Waals surface area contributed by atoms with Gasteiger partial charge in [-0.05, 0) is 17.5 Å². The third-order valence-electron chi connectivity index (χ3n) is 3.94. The summed E-state index contributed by atoms with van der Waals surface area (Å²) in [4.78, 5) is 27.5. The molecular weight excluding hydrogens is 371 g/mol. The van der Waals surface area contributed by atoms with Crippen LogP contribution in [0.15, 0.2) is 30.5 Å². The molecule has 3 aromatic rings. The molecule has 1 unspecified atom stereocenters. The molecule has 3 rings (SSSR count). The Morgan fingerprint density at radius 2 is 1.89 bits per heavy atom. The number of nitrogens with two attached hydrogens (primary N) is 2. The number of carbonyl (C=O) groups is 1. The first-order chi connectivity index (χ1) is 12.5. The average molecular weight is 386 g/mol. The molecule has 2 aromatic heterocycles. The first kappa shape index (κ1) is 21.2. The number of aromatic carboxylic acids is 1. The van der Waals surface area contributed by atoms with Gasteiger partial charge in [-0.3, -0.25) is 0 Å². The van der Waals surface area contributed by atoms with Crippen LogP contribution in [0.1, 0.15) is 34.0 Å². The van der Waals surface area contributed by atoms with E-state index in [-0.39, 0.29) is 74.6 Å². The van der Waals surface area contributed by atoms with Crippen LogP contribution in [0.5, 0.6) is 0 Å². The minimum absolute atomic E-state index is 0. The second-order valence-corrected chi connectivity index (χ2v) is 5.72. The zero-order chi connectivity index (χ0) is 18.7. The molecular formula is C18H15KN6O2. The van der Waals surface area contributed by atoms with E-state index < -0.39 is 5.97 Å². The monoisotopic (exact) mass is 386 g/mol. The summed E-state index contributed by atoms with van der Waals surface area (Å²) >= 11 is 0. The first-order valence-electron chi connectivity index (χ1n) is 7.77. The van der Waals surface area contributed by atoms with E-state index in [9.17, 15) is 9.90 Å². The minimum atomic E-state index is -1.22. The van der Waals surface area contributed by atoms with Crippen molar-refractivity contribution in [2.45, 2.75) is 18.8 Å². The summed E-state index contributed by atoms with van der Waals surface area (Å²) in [5, 5.41) is 10.9. The number of carbonyl (C=O) groups excluding carboxylic acids is 1. The molecule has 0 saturated heterocycles. The van der Waals surface area contributed by atoms with Crippen molar-refractivity contribution in [3.05, 3.63) is 47.3 Å². The number of aromatic nitrogens is 4. The maximum Gasteiger partial charge on any atom is 1.00 e. The van der Waals surface area contributed by atoms with Gasteiger partial charge in [-0.1, -0.05) is 24.3 Å². The van der Waals surface area contributed by atoms with E-state index >= 15 is 0 Å². The van der Waals surface area contributed by atoms with Crippen LogP contribution in [-0.4, -0.2) is 25.9 Å². The number of nitrogens with zero attached hydrogens (tertiary/aromatic N) is 4. The summed E-state index contributed by atoms with van der Waals surface area (Å²) in [5.41, 5.74) is 13.8. The van der Waals surface area contributed by atoms with E-state index in [2.05, 4.69) is 25.9 Å². The molecule has 130 valence electrons. The molecule has 9 heteroatoms. The number of anilines is 2. The Labute approximate surface area is 198 Å². The fourth-order valence-corrected chi connectivity index (χ4v) is 2.68. The Bertz CT molecular complexity index is 1020. The summed E-state index contributed by atoms with van der Waals surface area (Å²) < 4.78 is 0. The fraction of sp³-hybridized carbons (Fsp3) is 0.167. The third-order valence-corrected chi connectivity index (χ3v) is 3.94. The summed E-state index contributed by atoms with van der Waals surface area (Å²) in [5.74, 6) is 1.56. The van der Waals surface area contributed by atoms with Gasteiger partial charge in [-0.15, -0.1) is 12.3 Å². The Morgan fingerprint density at radius 3 is 2.52 bits per heavy atom. The standard InChI is InChI=1S/C18H16N6O2.K/c1-2-3-12(10-4-6-11(7-5-10)17(25)26)8-13-9-21-16-14(22-13)15(19)23-18(20)24-16;/h1,4-7,9,12H,3,8H2,(H,25,26)(H4,19,20,21,23,24);/q;+1/p-1. The molecule has 1 atom stereocenters. The topological polar surface area (TPSA) is 144 Å². The second kappa shape index (κ2) is 9.21. The SMILES string of the molecule is C#CCC(Cc1cnc2nc(N)nc(N)c2n1)c1ccc(C(=O)[O-])cc1.[K+]. The molecule has 2 heterocycles. The maximum absolute atomic E-state index is 10.9. The molecule has 0 aliphatic heterocycles. The van der Waals surface area contributed by atoms with E-state index in [4.69, 9.17) is 17.9 Å². The van der Waals surface area contributed by atoms with Crippen LogP contribution in [0, 0.1) is 12.3 Å². The largest absolute Gasteiger partial charge is 1.00 e. The molecule has 1 aromatic carbocycles. The van der Waals surface area contributed by atoms with Crippen LogP contribution in [0.2, 0.25) is 0 Å². The van der Waals surface area contributed by atoms with Gasteiger partial charge in [0.2, 0.25) is 5.95 Å². The normalized spacial score (nSPS) is 11.4. The quantitative estimate of drug-likeness (QED) is 0.356. The van der Waals surface area contributed by atoms with E-state index in [0.29, 0.717) is 29.7 Å². The zero-order valence-electron chi connectivity index (χ0n) is 14.7. The van der Waals surface area contributed by atoms with Crippen molar-refractivity contribution in [2.75, 3.05) is 11.5 Å². The van der Waals surface area contributed by atoms with Gasteiger partial charge in [0.05, 0.1) is 17.9 Å². The maximum atomic E-state index is 10.9. The Balaban J connectivity index is 0.00000261. The van der Waals surface area contributed by atoms with Crippen LogP contribution in [0.3, 0.4) is 0 Å². The molecule has 8 nitrogen and oxygen atoms in total. The Kier molecular flexibility index (Phi) is 7.23. The van der Waals surface area contributed by atoms with Gasteiger partial charge >= 0.3 is 51.4 Å². The predicted molar refractivity (Wildman–Crippen MR) is 94.6 cm³/mol. The van der Waals surface area contributed by atoms with Gasteiger partial charge in [-0.25, -0.2) is 9.97 Å². The number of nitrogen functional groups attached to an aromatic ring is 2. The number of terminal acetylenes is 1. The zero-order valence-corrected chi connectivity index (χ0v) is 17.8. The number of hydrogen-bond acceptors (Lipinski definition) is 8. The van der Waals surface area contributed by atoms with Gasteiger partial charge in [-0.2, -0.15) is 9.97 Å². The number of carboxylic acid groups (broad SMARTS) is 1. The van der Waals surface area contributed by atoms with Gasteiger partial charge in [0.15, 0.2) is 17.0 Å². The van der Waals surface area contributed by atoms with Gasteiger partial charge in [0.1, 0.15) is 0 Å². The molecule has 4 N–H and O–H groups in total. The minimum Gasteiger partial charge on any atom is -0.545 e. The summed E-state index contributed by atoms with van der Waals surface area (Å²) in [6, 6.07) is 6.43. The second-order valence-electron chi connectivity index (χ2n) is 5.72. The summed E-state index contributed by atoms with van der Waals surface area (Å²) in [6.07, 6.45) is 8.03. The predicted octanol–water partition coefficient (Wildman–Crippen LogP) is -2.70. The van der Waals surface area contributed by atoms with Crippen molar-refractivity contribution >= 4 is 28.9 Å². The molecule has 0 radical (unpaired) electrons. The molecule has 0 fully saturated rings. The molecule has 0 spiro atoms. The van der Waals surface area contributed by atoms with E-state index in [1.165, 1.54) is 12.1 Å². The van der Waals surface area contributed by atoms with Crippen molar-refractivity contribution in [3.63, 3.8) is 0 Å². The molecule has 0 aliphatic carbocycles. The van der Waals surface area contributed by atoms with Crippen LogP contribution in [-0.2, 0) is 6.42 Å². The van der Waals surface area contributed by atoms with Crippen LogP contribution in [0.25, 0.3) is 11.2 Å². The number of fused-ring (bicyclic) bond motifs is 1. The number of rotatable bonds is 5. The van der Waals surface area contributed by atoms with E-state index in [1.54, 1.807) is 18.3 Å². The molecule has 0 aliphatic rings. The number of benzene rings is 1. The first-order valence-corrected chi connectivity index (χ1v) is 7.77. The third kappa shape index (κ3) is 5.00. The van der Waals surface area contributed by atoms with E-state index in [1.807, 2.05) is 0 Å². The van der Waals surface area contributed by atoms with Crippen molar-refractivity contribution in [1.82, 2.24) is 19.9 Å². The van der Waals surface area contributed by atoms with Gasteiger partial charge in [0, 0.05) is 12.3 Å². The van der Waals surface area contributed by atoms with Crippen LogP contribution >= 0.6 is 0 Å². The Morgan fingerprint density at radius 1 is 1.19 bits per heavy atom. The van der Waals surface area contributed by atoms with Crippen molar-refractivity contribution in [3.8, 4) is 12.3 Å². The molecule has 0 saturated carbocycles. The van der Waals surface area contributed by atoms with Gasteiger partial charge < -0.3 is 21.4 Å². The molecule has 0 bridgehead atoms. The molecule has 27 heavy (non-hydrogen) atoms. The van der Waals surface area contributed by atoms with Crippen LogP contribution in [0.4, 0.5) is 11.8 Å². The van der Waals surface area contributed by atoms with Crippen LogP contribution < -0.4 is 68.0 Å².